The van der Waals surface area contributed by atoms with Crippen molar-refractivity contribution in [2.24, 2.45) is 5.92 Å². The van der Waals surface area contributed by atoms with Crippen LogP contribution in [-0.2, 0) is 0 Å². The molecule has 1 aromatic carbocycles. The molecule has 0 amide bonds. The zero-order valence-corrected chi connectivity index (χ0v) is 14.9. The van der Waals surface area contributed by atoms with E-state index in [4.69, 9.17) is 0 Å². The number of rotatable bonds is 3. The van der Waals surface area contributed by atoms with Crippen molar-refractivity contribution >= 4 is 24.8 Å². The van der Waals surface area contributed by atoms with Crippen LogP contribution in [0.2, 0.25) is 0 Å². The van der Waals surface area contributed by atoms with Gasteiger partial charge in [-0.1, -0.05) is 25.3 Å². The minimum atomic E-state index is -0.487. The Labute approximate surface area is 149 Å². The minimum Gasteiger partial charge on any atom is -0.314 e. The molecule has 1 N–H and O–H groups in total. The molecule has 1 aliphatic carbocycles. The average molecular weight is 367 g/mol. The Kier molecular flexibility index (Phi) is 8.76. The smallest absolute Gasteiger partial charge is 0.130 e. The van der Waals surface area contributed by atoms with Crippen LogP contribution in [0, 0.1) is 17.6 Å². The average Bonchev–Trinajstić information content (AvgIpc) is 2.52. The second-order valence-corrected chi connectivity index (χ2v) is 6.29. The van der Waals surface area contributed by atoms with Crippen LogP contribution >= 0.6 is 24.8 Å². The normalized spacial score (nSPS) is 21.1. The number of benzene rings is 1. The van der Waals surface area contributed by atoms with Gasteiger partial charge in [0.15, 0.2) is 0 Å². The van der Waals surface area contributed by atoms with E-state index in [9.17, 15) is 8.78 Å². The predicted molar refractivity (Wildman–Crippen MR) is 94.6 cm³/mol. The van der Waals surface area contributed by atoms with Crippen LogP contribution in [0.5, 0.6) is 0 Å². The molecule has 0 aromatic heterocycles. The standard InChI is InChI=1S/C17H24F2N2.2ClH/c18-14-6-7-15(16(19)12-14)17(13-4-2-1-3-5-13)21-10-8-20-9-11-21;;/h6-7,12-13,17,20H,1-5,8-11H2;2*1H/t17-;;/m1../s1. The zero-order chi connectivity index (χ0) is 14.7. The lowest BCUT2D eigenvalue weighted by molar-refractivity contribution is 0.100. The molecule has 2 nitrogen and oxygen atoms in total. The minimum absolute atomic E-state index is 0. The first-order valence-electron chi connectivity index (χ1n) is 8.15. The Morgan fingerprint density at radius 1 is 1.00 bits per heavy atom. The summed E-state index contributed by atoms with van der Waals surface area (Å²) in [7, 11) is 0. The van der Waals surface area contributed by atoms with Crippen molar-refractivity contribution in [2.45, 2.75) is 38.1 Å². The largest absolute Gasteiger partial charge is 0.314 e. The molecule has 6 heteroatoms. The van der Waals surface area contributed by atoms with Crippen LogP contribution in [0.25, 0.3) is 0 Å². The third kappa shape index (κ3) is 5.02. The van der Waals surface area contributed by atoms with E-state index in [1.54, 1.807) is 6.07 Å². The number of hydrogen-bond donors (Lipinski definition) is 1. The molecule has 0 unspecified atom stereocenters. The molecule has 3 rings (SSSR count). The fourth-order valence-corrected chi connectivity index (χ4v) is 3.90. The van der Waals surface area contributed by atoms with E-state index < -0.39 is 5.82 Å². The molecular formula is C17H26Cl2F2N2. The molecule has 1 saturated carbocycles. The van der Waals surface area contributed by atoms with Crippen LogP contribution in [0.3, 0.4) is 0 Å². The van der Waals surface area contributed by atoms with Crippen LogP contribution in [-0.4, -0.2) is 31.1 Å². The quantitative estimate of drug-likeness (QED) is 0.855. The van der Waals surface area contributed by atoms with Gasteiger partial charge in [-0.15, -0.1) is 24.8 Å². The van der Waals surface area contributed by atoms with Gasteiger partial charge in [-0.3, -0.25) is 4.90 Å². The Hall–Kier alpha value is -0.420. The summed E-state index contributed by atoms with van der Waals surface area (Å²) in [5.74, 6) is -0.375. The van der Waals surface area contributed by atoms with Crippen LogP contribution in [0.15, 0.2) is 18.2 Å². The molecule has 132 valence electrons. The third-order valence-corrected chi connectivity index (χ3v) is 4.92. The summed E-state index contributed by atoms with van der Waals surface area (Å²) < 4.78 is 27.6. The molecular weight excluding hydrogens is 341 g/mol. The van der Waals surface area contributed by atoms with Crippen molar-refractivity contribution in [1.29, 1.82) is 0 Å². The van der Waals surface area contributed by atoms with Gasteiger partial charge >= 0.3 is 0 Å². The van der Waals surface area contributed by atoms with Gasteiger partial charge in [-0.25, -0.2) is 8.78 Å². The Balaban J connectivity index is 0.00000132. The van der Waals surface area contributed by atoms with Crippen LogP contribution < -0.4 is 5.32 Å². The summed E-state index contributed by atoms with van der Waals surface area (Å²) in [5.41, 5.74) is 0.685. The Morgan fingerprint density at radius 3 is 2.26 bits per heavy atom. The lowest BCUT2D eigenvalue weighted by atomic mass is 9.80. The third-order valence-electron chi connectivity index (χ3n) is 4.92. The molecule has 2 aliphatic rings. The number of nitrogens with one attached hydrogen (secondary N) is 1. The summed E-state index contributed by atoms with van der Waals surface area (Å²) in [6.07, 6.45) is 6.07. The molecule has 1 atom stereocenters. The second kappa shape index (κ2) is 9.77. The molecule has 0 spiro atoms. The van der Waals surface area contributed by atoms with Crippen molar-refractivity contribution in [2.75, 3.05) is 26.2 Å². The first kappa shape index (κ1) is 20.6. The van der Waals surface area contributed by atoms with Gasteiger partial charge in [-0.2, -0.15) is 0 Å². The van der Waals surface area contributed by atoms with Crippen LogP contribution in [0.1, 0.15) is 43.7 Å². The molecule has 23 heavy (non-hydrogen) atoms. The van der Waals surface area contributed by atoms with Crippen LogP contribution in [0.4, 0.5) is 8.78 Å². The highest BCUT2D eigenvalue weighted by Crippen LogP contribution is 2.39. The van der Waals surface area contributed by atoms with Crippen molar-refractivity contribution in [3.63, 3.8) is 0 Å². The fraction of sp³-hybridized carbons (Fsp3) is 0.647. The van der Waals surface area contributed by atoms with Gasteiger partial charge in [0.1, 0.15) is 11.6 Å². The monoisotopic (exact) mass is 366 g/mol. The number of hydrogen-bond acceptors (Lipinski definition) is 2. The lowest BCUT2D eigenvalue weighted by Gasteiger charge is -2.41. The van der Waals surface area contributed by atoms with E-state index >= 15 is 0 Å². The van der Waals surface area contributed by atoms with E-state index in [1.165, 1.54) is 25.3 Å². The SMILES string of the molecule is Cl.Cl.Fc1ccc([C@@H](C2CCCCC2)N2CCNCC2)c(F)c1. The van der Waals surface area contributed by atoms with Gasteiger partial charge in [0.25, 0.3) is 0 Å². The highest BCUT2D eigenvalue weighted by atomic mass is 35.5. The number of nitrogens with zero attached hydrogens (tertiary/aromatic N) is 1. The maximum absolute atomic E-state index is 14.3. The topological polar surface area (TPSA) is 15.3 Å². The Morgan fingerprint density at radius 2 is 1.65 bits per heavy atom. The highest BCUT2D eigenvalue weighted by molar-refractivity contribution is 5.85. The summed E-state index contributed by atoms with van der Waals surface area (Å²) in [4.78, 5) is 2.39. The molecule has 1 aromatic rings. The van der Waals surface area contributed by atoms with E-state index in [0.717, 1.165) is 45.1 Å². The second-order valence-electron chi connectivity index (χ2n) is 6.29. The van der Waals surface area contributed by atoms with E-state index in [2.05, 4.69) is 10.2 Å². The molecule has 2 fully saturated rings. The highest BCUT2D eigenvalue weighted by Gasteiger charge is 2.32. The number of halogens is 4. The van der Waals surface area contributed by atoms with Crippen molar-refractivity contribution in [3.8, 4) is 0 Å². The molecule has 0 bridgehead atoms. The van der Waals surface area contributed by atoms with E-state index in [1.807, 2.05) is 0 Å². The fourth-order valence-electron chi connectivity index (χ4n) is 3.90. The first-order chi connectivity index (χ1) is 10.3. The zero-order valence-electron chi connectivity index (χ0n) is 13.3. The van der Waals surface area contributed by atoms with Crippen molar-refractivity contribution in [1.82, 2.24) is 10.2 Å². The molecule has 1 heterocycles. The summed E-state index contributed by atoms with van der Waals surface area (Å²) in [6.45, 7) is 3.79. The first-order valence-corrected chi connectivity index (χ1v) is 8.15. The molecule has 1 aliphatic heterocycles. The summed E-state index contributed by atoms with van der Waals surface area (Å²) >= 11 is 0. The maximum Gasteiger partial charge on any atom is 0.130 e. The van der Waals surface area contributed by atoms with Gasteiger partial charge in [0.05, 0.1) is 0 Å². The number of piperazine rings is 1. The van der Waals surface area contributed by atoms with E-state index in [0.29, 0.717) is 11.5 Å². The lowest BCUT2D eigenvalue weighted by Crippen LogP contribution is -2.47. The molecule has 1 saturated heterocycles. The predicted octanol–water partition coefficient (Wildman–Crippen LogP) is 4.34. The van der Waals surface area contributed by atoms with Crippen molar-refractivity contribution in [3.05, 3.63) is 35.4 Å². The Bertz CT molecular complexity index is 458. The maximum atomic E-state index is 14.3. The van der Waals surface area contributed by atoms with Crippen molar-refractivity contribution < 1.29 is 8.78 Å². The summed E-state index contributed by atoms with van der Waals surface area (Å²) in [6, 6.07) is 4.20. The van der Waals surface area contributed by atoms with Gasteiger partial charge in [0, 0.05) is 43.9 Å². The summed E-state index contributed by atoms with van der Waals surface area (Å²) in [5, 5.41) is 3.35. The van der Waals surface area contributed by atoms with Gasteiger partial charge in [0.2, 0.25) is 0 Å². The van der Waals surface area contributed by atoms with Gasteiger partial charge in [-0.05, 0) is 24.8 Å². The van der Waals surface area contributed by atoms with Gasteiger partial charge < -0.3 is 5.32 Å². The molecule has 0 radical (unpaired) electrons. The van der Waals surface area contributed by atoms with E-state index in [-0.39, 0.29) is 36.7 Å².